The molecule has 2 amide bonds. The second-order valence-corrected chi connectivity index (χ2v) is 6.19. The number of carbonyl (C=O) groups excluding carboxylic acids is 1. The van der Waals surface area contributed by atoms with Gasteiger partial charge in [0, 0.05) is 45.5 Å². The molecular weight excluding hydrogens is 296 g/mol. The first kappa shape index (κ1) is 14.3. The van der Waals surface area contributed by atoms with Crippen molar-refractivity contribution in [3.8, 4) is 0 Å². The van der Waals surface area contributed by atoms with Crippen molar-refractivity contribution in [2.75, 3.05) is 38.1 Å². The number of anilines is 1. The maximum atomic E-state index is 12.1. The fourth-order valence-corrected chi connectivity index (χ4v) is 3.27. The highest BCUT2D eigenvalue weighted by Crippen LogP contribution is 2.26. The highest BCUT2D eigenvalue weighted by Gasteiger charge is 2.29. The monoisotopic (exact) mass is 316 g/mol. The van der Waals surface area contributed by atoms with Gasteiger partial charge in [-0.05, 0) is 6.42 Å². The van der Waals surface area contributed by atoms with E-state index in [1.54, 1.807) is 22.2 Å². The van der Waals surface area contributed by atoms with Crippen molar-refractivity contribution in [1.82, 2.24) is 24.7 Å². The molecule has 1 unspecified atom stereocenters. The average Bonchev–Trinajstić information content (AvgIpc) is 3.30. The number of nitrogens with zero attached hydrogens (tertiary/aromatic N) is 6. The lowest BCUT2D eigenvalue weighted by atomic mass is 10.3. The maximum Gasteiger partial charge on any atom is 0.324 e. The van der Waals surface area contributed by atoms with E-state index < -0.39 is 0 Å². The van der Waals surface area contributed by atoms with Gasteiger partial charge in [0.1, 0.15) is 0 Å². The van der Waals surface area contributed by atoms with E-state index in [4.69, 9.17) is 4.52 Å². The highest BCUT2D eigenvalue weighted by molar-refractivity contribution is 5.93. The number of hydrogen-bond donors (Lipinski definition) is 0. The van der Waals surface area contributed by atoms with E-state index in [9.17, 15) is 4.79 Å². The zero-order valence-electron chi connectivity index (χ0n) is 13.1. The fourth-order valence-electron chi connectivity index (χ4n) is 3.27. The topological polar surface area (TPSA) is 70.6 Å². The van der Waals surface area contributed by atoms with Crippen LogP contribution in [0.3, 0.4) is 0 Å². The minimum absolute atomic E-state index is 0.0444. The lowest BCUT2D eigenvalue weighted by molar-refractivity contribution is 0.229. The molecule has 8 nitrogen and oxygen atoms in total. The van der Waals surface area contributed by atoms with Gasteiger partial charge < -0.3 is 9.42 Å². The molecule has 8 heteroatoms. The number of amides is 2. The van der Waals surface area contributed by atoms with Crippen LogP contribution in [0.1, 0.15) is 18.2 Å². The summed E-state index contributed by atoms with van der Waals surface area (Å²) in [6.07, 6.45) is 6.49. The van der Waals surface area contributed by atoms with Crippen LogP contribution in [0.25, 0.3) is 0 Å². The SMILES string of the molecule is CN1CCN(c2cnn(C3CCN(Cc4ccno4)C3)c2)C1=O. The van der Waals surface area contributed by atoms with Gasteiger partial charge in [0.2, 0.25) is 0 Å². The molecule has 0 aromatic carbocycles. The Morgan fingerprint density at radius 2 is 2.26 bits per heavy atom. The lowest BCUT2D eigenvalue weighted by Crippen LogP contribution is -2.28. The zero-order chi connectivity index (χ0) is 15.8. The Morgan fingerprint density at radius 1 is 1.35 bits per heavy atom. The van der Waals surface area contributed by atoms with E-state index >= 15 is 0 Å². The number of rotatable bonds is 4. The Hall–Kier alpha value is -2.35. The standard InChI is InChI=1S/C15H20N6O2/c1-18-6-7-20(15(18)22)13-8-16-21(10-13)12-3-5-19(9-12)11-14-2-4-17-23-14/h2,4,8,10,12H,3,5-7,9,11H2,1H3. The van der Waals surface area contributed by atoms with Gasteiger partial charge in [0.05, 0.1) is 30.7 Å². The van der Waals surface area contributed by atoms with Crippen LogP contribution < -0.4 is 4.90 Å². The van der Waals surface area contributed by atoms with E-state index in [2.05, 4.69) is 15.2 Å². The molecule has 2 aromatic rings. The second-order valence-electron chi connectivity index (χ2n) is 6.19. The molecule has 0 spiro atoms. The Labute approximate surface area is 134 Å². The number of urea groups is 1. The third-order valence-corrected chi connectivity index (χ3v) is 4.61. The zero-order valence-corrected chi connectivity index (χ0v) is 13.1. The summed E-state index contributed by atoms with van der Waals surface area (Å²) in [5.74, 6) is 0.887. The first-order chi connectivity index (χ1) is 11.2. The molecule has 0 aliphatic carbocycles. The number of likely N-dealkylation sites (N-methyl/N-ethyl adjacent to an activating group) is 1. The maximum absolute atomic E-state index is 12.1. The minimum Gasteiger partial charge on any atom is -0.360 e. The first-order valence-electron chi connectivity index (χ1n) is 7.89. The molecule has 0 radical (unpaired) electrons. The molecule has 2 aliphatic heterocycles. The molecular formula is C15H20N6O2. The summed E-state index contributed by atoms with van der Waals surface area (Å²) < 4.78 is 7.15. The smallest absolute Gasteiger partial charge is 0.324 e. The summed E-state index contributed by atoms with van der Waals surface area (Å²) in [5.41, 5.74) is 0.882. The van der Waals surface area contributed by atoms with E-state index in [0.717, 1.165) is 50.6 Å². The van der Waals surface area contributed by atoms with Crippen molar-refractivity contribution in [3.63, 3.8) is 0 Å². The molecule has 1 atom stereocenters. The van der Waals surface area contributed by atoms with Gasteiger partial charge in [-0.1, -0.05) is 5.16 Å². The number of likely N-dealkylation sites (tertiary alicyclic amines) is 1. The van der Waals surface area contributed by atoms with Crippen molar-refractivity contribution in [1.29, 1.82) is 0 Å². The normalized spacial score (nSPS) is 22.5. The van der Waals surface area contributed by atoms with Crippen LogP contribution in [0, 0.1) is 0 Å². The van der Waals surface area contributed by atoms with Gasteiger partial charge in [-0.2, -0.15) is 5.10 Å². The lowest BCUT2D eigenvalue weighted by Gasteiger charge is -2.15. The molecule has 122 valence electrons. The molecule has 0 saturated carbocycles. The summed E-state index contributed by atoms with van der Waals surface area (Å²) in [4.78, 5) is 17.9. The van der Waals surface area contributed by atoms with Gasteiger partial charge in [0.25, 0.3) is 0 Å². The van der Waals surface area contributed by atoms with E-state index in [1.807, 2.05) is 24.0 Å². The van der Waals surface area contributed by atoms with Crippen molar-refractivity contribution in [2.24, 2.45) is 0 Å². The van der Waals surface area contributed by atoms with Gasteiger partial charge in [-0.3, -0.25) is 14.5 Å². The Bertz CT molecular complexity index is 682. The Morgan fingerprint density at radius 3 is 3.00 bits per heavy atom. The van der Waals surface area contributed by atoms with E-state index in [0.29, 0.717) is 6.04 Å². The van der Waals surface area contributed by atoms with E-state index in [-0.39, 0.29) is 6.03 Å². The minimum atomic E-state index is 0.0444. The van der Waals surface area contributed by atoms with E-state index in [1.165, 1.54) is 0 Å². The number of hydrogen-bond acceptors (Lipinski definition) is 5. The Balaban J connectivity index is 1.41. The summed E-state index contributed by atoms with van der Waals surface area (Å²) >= 11 is 0. The number of carbonyl (C=O) groups is 1. The van der Waals surface area contributed by atoms with Gasteiger partial charge in [0.15, 0.2) is 5.76 Å². The molecule has 2 fully saturated rings. The molecule has 4 heterocycles. The second kappa shape index (κ2) is 5.69. The molecule has 4 rings (SSSR count). The average molecular weight is 316 g/mol. The summed E-state index contributed by atoms with van der Waals surface area (Å²) in [6.45, 7) is 4.20. The third-order valence-electron chi connectivity index (χ3n) is 4.61. The third kappa shape index (κ3) is 2.70. The van der Waals surface area contributed by atoms with Crippen LogP contribution in [-0.4, -0.2) is 64.0 Å². The van der Waals surface area contributed by atoms with Gasteiger partial charge in [-0.25, -0.2) is 4.79 Å². The Kier molecular flexibility index (Phi) is 3.53. The summed E-state index contributed by atoms with van der Waals surface area (Å²) in [7, 11) is 1.82. The van der Waals surface area contributed by atoms with Crippen molar-refractivity contribution in [2.45, 2.75) is 19.0 Å². The van der Waals surface area contributed by atoms with Crippen LogP contribution in [0.2, 0.25) is 0 Å². The van der Waals surface area contributed by atoms with Crippen molar-refractivity contribution < 1.29 is 9.32 Å². The van der Waals surface area contributed by atoms with Crippen LogP contribution in [0.15, 0.2) is 29.2 Å². The fraction of sp³-hybridized carbons (Fsp3) is 0.533. The molecule has 2 aromatic heterocycles. The predicted molar refractivity (Wildman–Crippen MR) is 83.0 cm³/mol. The van der Waals surface area contributed by atoms with Crippen LogP contribution in [-0.2, 0) is 6.54 Å². The van der Waals surface area contributed by atoms with Gasteiger partial charge in [-0.15, -0.1) is 0 Å². The first-order valence-corrected chi connectivity index (χ1v) is 7.89. The summed E-state index contributed by atoms with van der Waals surface area (Å²) in [5, 5.41) is 8.22. The number of aromatic nitrogens is 3. The molecule has 2 aliphatic rings. The molecule has 23 heavy (non-hydrogen) atoms. The van der Waals surface area contributed by atoms with Crippen LogP contribution in [0.4, 0.5) is 10.5 Å². The molecule has 0 bridgehead atoms. The molecule has 2 saturated heterocycles. The quantitative estimate of drug-likeness (QED) is 0.847. The van der Waals surface area contributed by atoms with Crippen molar-refractivity contribution in [3.05, 3.63) is 30.4 Å². The molecule has 0 N–H and O–H groups in total. The largest absolute Gasteiger partial charge is 0.360 e. The van der Waals surface area contributed by atoms with Crippen LogP contribution >= 0.6 is 0 Å². The summed E-state index contributed by atoms with van der Waals surface area (Å²) in [6, 6.07) is 2.28. The van der Waals surface area contributed by atoms with Gasteiger partial charge >= 0.3 is 6.03 Å². The highest BCUT2D eigenvalue weighted by atomic mass is 16.5. The van der Waals surface area contributed by atoms with Crippen LogP contribution in [0.5, 0.6) is 0 Å². The predicted octanol–water partition coefficient (Wildman–Crippen LogP) is 1.19. The van der Waals surface area contributed by atoms with Crippen molar-refractivity contribution >= 4 is 11.7 Å².